The summed E-state index contributed by atoms with van der Waals surface area (Å²) in [5, 5.41) is 1.18. The first-order valence-corrected chi connectivity index (χ1v) is 6.92. The number of nitrogen functional groups attached to an aromatic ring is 1. The van der Waals surface area contributed by atoms with Gasteiger partial charge in [0.05, 0.1) is 0 Å². The third-order valence-electron chi connectivity index (χ3n) is 2.35. The minimum absolute atomic E-state index is 0.315. The van der Waals surface area contributed by atoms with Gasteiger partial charge in [-0.05, 0) is 35.9 Å². The van der Waals surface area contributed by atoms with E-state index in [0.717, 1.165) is 5.56 Å². The summed E-state index contributed by atoms with van der Waals surface area (Å²) in [6, 6.07) is 9.94. The van der Waals surface area contributed by atoms with Crippen LogP contribution >= 0.6 is 35.0 Å². The van der Waals surface area contributed by atoms with Crippen molar-refractivity contribution in [3.05, 3.63) is 57.8 Å². The number of anilines is 1. The normalized spacial score (nSPS) is 10.6. The molecule has 0 saturated carbocycles. The summed E-state index contributed by atoms with van der Waals surface area (Å²) < 4.78 is 13.6. The molecule has 0 fully saturated rings. The molecule has 2 rings (SSSR count). The van der Waals surface area contributed by atoms with Crippen molar-refractivity contribution in [3.8, 4) is 0 Å². The summed E-state index contributed by atoms with van der Waals surface area (Å²) in [5.41, 5.74) is 6.83. The smallest absolute Gasteiger partial charge is 0.138 e. The molecule has 1 nitrogen and oxygen atoms in total. The lowest BCUT2D eigenvalue weighted by atomic mass is 10.2. The van der Waals surface area contributed by atoms with Crippen LogP contribution in [0, 0.1) is 5.82 Å². The highest BCUT2D eigenvalue weighted by atomic mass is 35.5. The molecule has 0 saturated heterocycles. The second kappa shape index (κ2) is 5.83. The largest absolute Gasteiger partial charge is 0.399 e. The maximum absolute atomic E-state index is 13.6. The van der Waals surface area contributed by atoms with Crippen LogP contribution < -0.4 is 5.73 Å². The van der Waals surface area contributed by atoms with Crippen molar-refractivity contribution < 1.29 is 4.39 Å². The molecule has 0 spiro atoms. The van der Waals surface area contributed by atoms with Crippen molar-refractivity contribution in [2.45, 2.75) is 10.6 Å². The van der Waals surface area contributed by atoms with Crippen LogP contribution in [0.25, 0.3) is 0 Å². The van der Waals surface area contributed by atoms with E-state index in [-0.39, 0.29) is 5.82 Å². The monoisotopic (exact) mass is 301 g/mol. The van der Waals surface area contributed by atoms with Gasteiger partial charge in [-0.2, -0.15) is 0 Å². The number of hydrogen-bond acceptors (Lipinski definition) is 2. The zero-order valence-electron chi connectivity index (χ0n) is 9.29. The Hall–Kier alpha value is -0.900. The van der Waals surface area contributed by atoms with Crippen LogP contribution in [0.1, 0.15) is 5.56 Å². The van der Waals surface area contributed by atoms with Gasteiger partial charge in [-0.3, -0.25) is 0 Å². The molecule has 0 bridgehead atoms. The quantitative estimate of drug-likeness (QED) is 0.637. The second-order valence-corrected chi connectivity index (χ2v) is 5.58. The van der Waals surface area contributed by atoms with Crippen molar-refractivity contribution in [1.82, 2.24) is 0 Å². The second-order valence-electron chi connectivity index (χ2n) is 3.71. The number of halogens is 3. The van der Waals surface area contributed by atoms with Gasteiger partial charge < -0.3 is 5.73 Å². The third kappa shape index (κ3) is 3.31. The molecule has 0 aliphatic heterocycles. The third-order valence-corrected chi connectivity index (χ3v) is 4.04. The predicted octanol–water partition coefficient (Wildman–Crippen LogP) is 5.01. The van der Waals surface area contributed by atoms with Gasteiger partial charge in [0.15, 0.2) is 0 Å². The van der Waals surface area contributed by atoms with Gasteiger partial charge in [0.2, 0.25) is 0 Å². The lowest BCUT2D eigenvalue weighted by molar-refractivity contribution is 0.603. The SMILES string of the molecule is Nc1ccc(SCc2ccc(Cl)cc2Cl)c(F)c1. The minimum atomic E-state index is -0.315. The Morgan fingerprint density at radius 3 is 2.56 bits per heavy atom. The zero-order chi connectivity index (χ0) is 13.1. The van der Waals surface area contributed by atoms with Crippen LogP contribution in [0.3, 0.4) is 0 Å². The molecule has 0 unspecified atom stereocenters. The topological polar surface area (TPSA) is 26.0 Å². The lowest BCUT2D eigenvalue weighted by Crippen LogP contribution is -1.89. The van der Waals surface area contributed by atoms with Crippen molar-refractivity contribution in [1.29, 1.82) is 0 Å². The molecule has 0 amide bonds. The van der Waals surface area contributed by atoms with Gasteiger partial charge in [-0.25, -0.2) is 4.39 Å². The summed E-state index contributed by atoms with van der Waals surface area (Å²) in [5.74, 6) is 0.265. The van der Waals surface area contributed by atoms with Crippen LogP contribution in [-0.4, -0.2) is 0 Å². The molecule has 5 heteroatoms. The summed E-state index contributed by atoms with van der Waals surface area (Å²) in [4.78, 5) is 0.551. The van der Waals surface area contributed by atoms with Crippen molar-refractivity contribution in [2.75, 3.05) is 5.73 Å². The Bertz CT molecular complexity index is 523. The molecule has 0 aromatic heterocycles. The first kappa shape index (κ1) is 13.5. The number of benzene rings is 2. The Balaban J connectivity index is 2.11. The van der Waals surface area contributed by atoms with E-state index in [0.29, 0.717) is 26.4 Å². The fourth-order valence-corrected chi connectivity index (χ4v) is 2.91. The molecule has 2 N–H and O–H groups in total. The summed E-state index contributed by atoms with van der Waals surface area (Å²) in [6.07, 6.45) is 0. The van der Waals surface area contributed by atoms with Gasteiger partial charge in [0.1, 0.15) is 5.82 Å². The highest BCUT2D eigenvalue weighted by molar-refractivity contribution is 7.98. The van der Waals surface area contributed by atoms with E-state index in [4.69, 9.17) is 28.9 Å². The number of hydrogen-bond donors (Lipinski definition) is 1. The van der Waals surface area contributed by atoms with E-state index in [2.05, 4.69) is 0 Å². The van der Waals surface area contributed by atoms with E-state index in [1.54, 1.807) is 24.3 Å². The van der Waals surface area contributed by atoms with E-state index < -0.39 is 0 Å². The zero-order valence-corrected chi connectivity index (χ0v) is 11.6. The molecule has 0 aliphatic carbocycles. The Morgan fingerprint density at radius 1 is 1.11 bits per heavy atom. The molecule has 2 aromatic carbocycles. The van der Waals surface area contributed by atoms with Gasteiger partial charge in [0.25, 0.3) is 0 Å². The lowest BCUT2D eigenvalue weighted by Gasteiger charge is -2.06. The van der Waals surface area contributed by atoms with Crippen LogP contribution in [0.5, 0.6) is 0 Å². The molecule has 0 atom stereocenters. The standard InChI is InChI=1S/C13H10Cl2FNS/c14-9-2-1-8(11(15)5-9)7-18-13-4-3-10(17)6-12(13)16/h1-6H,7,17H2. The van der Waals surface area contributed by atoms with Crippen molar-refractivity contribution in [2.24, 2.45) is 0 Å². The average Bonchev–Trinajstić information content (AvgIpc) is 2.30. The molecule has 0 aliphatic rings. The van der Waals surface area contributed by atoms with E-state index >= 15 is 0 Å². The maximum Gasteiger partial charge on any atom is 0.138 e. The van der Waals surface area contributed by atoms with Gasteiger partial charge in [-0.1, -0.05) is 29.3 Å². The Labute approximate surface area is 119 Å². The highest BCUT2D eigenvalue weighted by Gasteiger charge is 2.06. The van der Waals surface area contributed by atoms with E-state index in [9.17, 15) is 4.39 Å². The molecular formula is C13H10Cl2FNS. The molecule has 2 aromatic rings. The molecule has 18 heavy (non-hydrogen) atoms. The summed E-state index contributed by atoms with van der Waals surface area (Å²) in [6.45, 7) is 0. The highest BCUT2D eigenvalue weighted by Crippen LogP contribution is 2.30. The maximum atomic E-state index is 13.6. The fraction of sp³-hybridized carbons (Fsp3) is 0.0769. The minimum Gasteiger partial charge on any atom is -0.399 e. The number of thioether (sulfide) groups is 1. The van der Waals surface area contributed by atoms with Crippen LogP contribution in [-0.2, 0) is 5.75 Å². The molecule has 0 radical (unpaired) electrons. The number of nitrogens with two attached hydrogens (primary N) is 1. The van der Waals surface area contributed by atoms with Crippen LogP contribution in [0.4, 0.5) is 10.1 Å². The first-order chi connectivity index (χ1) is 8.56. The Morgan fingerprint density at radius 2 is 1.89 bits per heavy atom. The first-order valence-electron chi connectivity index (χ1n) is 5.18. The van der Waals surface area contributed by atoms with E-state index in [1.807, 2.05) is 6.07 Å². The van der Waals surface area contributed by atoms with Gasteiger partial charge >= 0.3 is 0 Å². The van der Waals surface area contributed by atoms with Crippen LogP contribution in [0.15, 0.2) is 41.3 Å². The summed E-state index contributed by atoms with van der Waals surface area (Å²) >= 11 is 13.2. The molecule has 0 heterocycles. The predicted molar refractivity (Wildman–Crippen MR) is 76.8 cm³/mol. The average molecular weight is 302 g/mol. The fourth-order valence-electron chi connectivity index (χ4n) is 1.43. The van der Waals surface area contributed by atoms with Crippen LogP contribution in [0.2, 0.25) is 10.0 Å². The molecular weight excluding hydrogens is 292 g/mol. The Kier molecular flexibility index (Phi) is 4.38. The van der Waals surface area contributed by atoms with Gasteiger partial charge in [-0.15, -0.1) is 11.8 Å². The number of rotatable bonds is 3. The summed E-state index contributed by atoms with van der Waals surface area (Å²) in [7, 11) is 0. The van der Waals surface area contributed by atoms with E-state index in [1.165, 1.54) is 17.8 Å². The van der Waals surface area contributed by atoms with Crippen molar-refractivity contribution >= 4 is 40.7 Å². The van der Waals surface area contributed by atoms with Gasteiger partial charge in [0, 0.05) is 26.4 Å². The molecule has 94 valence electrons. The van der Waals surface area contributed by atoms with Crippen molar-refractivity contribution in [3.63, 3.8) is 0 Å².